The van der Waals surface area contributed by atoms with Gasteiger partial charge in [-0.2, -0.15) is 0 Å². The molecule has 5 nitrogen and oxygen atoms in total. The minimum atomic E-state index is -3.54. The van der Waals surface area contributed by atoms with Crippen LogP contribution < -0.4 is 5.14 Å². The SMILES string of the molecule is CCCCCCCC/C=C\CCCCCCCC(CCCCCCC/C=C\CCCCCCCC)OC(=O)CCCS(N)(=O)=O. The lowest BCUT2D eigenvalue weighted by molar-refractivity contribution is -0.149. The Hall–Kier alpha value is -1.14. The number of ether oxygens (including phenoxy) is 1. The van der Waals surface area contributed by atoms with Crippen LogP contribution in [-0.2, 0) is 19.6 Å². The fraction of sp³-hybridized carbons (Fsp3) is 0.872. The second-order valence-corrected chi connectivity index (χ2v) is 15.1. The Morgan fingerprint density at radius 1 is 0.533 bits per heavy atom. The molecular formula is C39H75NO4S. The van der Waals surface area contributed by atoms with Crippen LogP contribution >= 0.6 is 0 Å². The highest BCUT2D eigenvalue weighted by atomic mass is 32.2. The van der Waals surface area contributed by atoms with Gasteiger partial charge in [0.1, 0.15) is 6.10 Å². The average molecular weight is 654 g/mol. The van der Waals surface area contributed by atoms with Gasteiger partial charge in [-0.05, 0) is 83.5 Å². The third kappa shape index (κ3) is 37.2. The fourth-order valence-electron chi connectivity index (χ4n) is 5.81. The monoisotopic (exact) mass is 654 g/mol. The summed E-state index contributed by atoms with van der Waals surface area (Å²) in [5.41, 5.74) is 0. The summed E-state index contributed by atoms with van der Waals surface area (Å²) in [7, 11) is -3.54. The summed E-state index contributed by atoms with van der Waals surface area (Å²) < 4.78 is 28.2. The van der Waals surface area contributed by atoms with E-state index in [-0.39, 0.29) is 30.7 Å². The molecule has 0 saturated heterocycles. The summed E-state index contributed by atoms with van der Waals surface area (Å²) in [6.45, 7) is 4.53. The number of carbonyl (C=O) groups is 1. The van der Waals surface area contributed by atoms with E-state index in [4.69, 9.17) is 9.88 Å². The molecule has 6 heteroatoms. The highest BCUT2D eigenvalue weighted by Gasteiger charge is 2.15. The molecule has 0 unspecified atom stereocenters. The smallest absolute Gasteiger partial charge is 0.306 e. The van der Waals surface area contributed by atoms with Crippen LogP contribution in [0.2, 0.25) is 0 Å². The highest BCUT2D eigenvalue weighted by Crippen LogP contribution is 2.18. The molecule has 0 aromatic heterocycles. The van der Waals surface area contributed by atoms with Crippen LogP contribution in [-0.4, -0.2) is 26.2 Å². The van der Waals surface area contributed by atoms with Crippen LogP contribution in [0.15, 0.2) is 24.3 Å². The van der Waals surface area contributed by atoms with Crippen molar-refractivity contribution in [1.29, 1.82) is 0 Å². The van der Waals surface area contributed by atoms with Crippen molar-refractivity contribution < 1.29 is 17.9 Å². The first kappa shape index (κ1) is 43.9. The van der Waals surface area contributed by atoms with Crippen molar-refractivity contribution in [3.05, 3.63) is 24.3 Å². The maximum absolute atomic E-state index is 12.4. The topological polar surface area (TPSA) is 86.5 Å². The molecule has 0 saturated carbocycles. The van der Waals surface area contributed by atoms with Crippen molar-refractivity contribution in [3.8, 4) is 0 Å². The quantitative estimate of drug-likeness (QED) is 0.0419. The van der Waals surface area contributed by atoms with Crippen molar-refractivity contribution in [2.24, 2.45) is 5.14 Å². The predicted molar refractivity (Wildman–Crippen MR) is 196 cm³/mol. The van der Waals surface area contributed by atoms with Crippen LogP contribution in [0, 0.1) is 0 Å². The Bertz CT molecular complexity index is 753. The third-order valence-corrected chi connectivity index (χ3v) is 9.54. The van der Waals surface area contributed by atoms with E-state index in [1.165, 1.54) is 154 Å². The van der Waals surface area contributed by atoms with E-state index in [0.717, 1.165) is 25.7 Å². The third-order valence-electron chi connectivity index (χ3n) is 8.68. The predicted octanol–water partition coefficient (Wildman–Crippen LogP) is 12.0. The van der Waals surface area contributed by atoms with Gasteiger partial charge in [0.2, 0.25) is 10.0 Å². The van der Waals surface area contributed by atoms with Crippen molar-refractivity contribution in [1.82, 2.24) is 0 Å². The number of rotatable bonds is 35. The molecule has 0 aromatic carbocycles. The van der Waals surface area contributed by atoms with Crippen LogP contribution in [0.5, 0.6) is 0 Å². The Morgan fingerprint density at radius 3 is 1.22 bits per heavy atom. The number of unbranched alkanes of at least 4 members (excludes halogenated alkanes) is 22. The minimum absolute atomic E-state index is 0.0539. The van der Waals surface area contributed by atoms with E-state index < -0.39 is 10.0 Å². The summed E-state index contributed by atoms with van der Waals surface area (Å²) in [6.07, 6.45) is 44.7. The van der Waals surface area contributed by atoms with Gasteiger partial charge in [0, 0.05) is 6.42 Å². The molecule has 0 aliphatic heterocycles. The van der Waals surface area contributed by atoms with Gasteiger partial charge < -0.3 is 4.74 Å². The highest BCUT2D eigenvalue weighted by molar-refractivity contribution is 7.89. The molecule has 0 spiro atoms. The van der Waals surface area contributed by atoms with E-state index >= 15 is 0 Å². The van der Waals surface area contributed by atoms with E-state index in [1.54, 1.807) is 0 Å². The number of primary sulfonamides is 1. The van der Waals surface area contributed by atoms with Crippen LogP contribution in [0.3, 0.4) is 0 Å². The zero-order chi connectivity index (χ0) is 33.1. The molecule has 0 fully saturated rings. The van der Waals surface area contributed by atoms with Crippen molar-refractivity contribution in [2.75, 3.05) is 5.75 Å². The average Bonchev–Trinajstić information content (AvgIpc) is 3.00. The first-order valence-corrected chi connectivity index (χ1v) is 21.1. The maximum Gasteiger partial charge on any atom is 0.306 e. The maximum atomic E-state index is 12.4. The Morgan fingerprint density at radius 2 is 0.867 bits per heavy atom. The molecule has 0 aliphatic carbocycles. The molecule has 0 atom stereocenters. The first-order chi connectivity index (χ1) is 21.9. The Kier molecular flexibility index (Phi) is 33.3. The van der Waals surface area contributed by atoms with E-state index in [2.05, 4.69) is 38.2 Å². The van der Waals surface area contributed by atoms with Gasteiger partial charge in [0.15, 0.2) is 0 Å². The molecule has 0 rings (SSSR count). The lowest BCUT2D eigenvalue weighted by Gasteiger charge is -2.18. The molecular weight excluding hydrogens is 578 g/mol. The van der Waals surface area contributed by atoms with Gasteiger partial charge in [-0.3, -0.25) is 4.79 Å². The molecule has 45 heavy (non-hydrogen) atoms. The molecule has 2 N–H and O–H groups in total. The summed E-state index contributed by atoms with van der Waals surface area (Å²) in [4.78, 5) is 12.4. The van der Waals surface area contributed by atoms with Gasteiger partial charge in [-0.1, -0.05) is 141 Å². The second-order valence-electron chi connectivity index (χ2n) is 13.3. The standard InChI is InChI=1S/C39H75NO4S/c1-3-5-7-9-11-13-15-17-19-21-23-25-27-29-31-34-38(44-39(41)36-33-37-45(40,42)43)35-32-30-28-26-24-22-20-18-16-14-12-10-8-6-4-2/h17-20,38H,3-16,21-37H2,1-2H3,(H2,40,42,43)/b19-17-,20-18-. The van der Waals surface area contributed by atoms with Crippen molar-refractivity contribution >= 4 is 16.0 Å². The molecule has 0 radical (unpaired) electrons. The largest absolute Gasteiger partial charge is 0.462 e. The lowest BCUT2D eigenvalue weighted by atomic mass is 10.0. The normalized spacial score (nSPS) is 12.3. The number of allylic oxidation sites excluding steroid dienone is 4. The summed E-state index contributed by atoms with van der Waals surface area (Å²) in [6, 6.07) is 0. The fourth-order valence-corrected chi connectivity index (χ4v) is 6.36. The van der Waals surface area contributed by atoms with Crippen molar-refractivity contribution in [2.45, 2.75) is 213 Å². The Labute approximate surface area is 281 Å². The number of nitrogens with two attached hydrogens (primary N) is 1. The summed E-state index contributed by atoms with van der Waals surface area (Å²) in [5.74, 6) is -0.459. The zero-order valence-corrected chi connectivity index (χ0v) is 30.7. The molecule has 0 amide bonds. The number of esters is 1. The van der Waals surface area contributed by atoms with Crippen LogP contribution in [0.25, 0.3) is 0 Å². The Balaban J connectivity index is 4.06. The van der Waals surface area contributed by atoms with Gasteiger partial charge in [-0.15, -0.1) is 0 Å². The second kappa shape index (κ2) is 34.2. The summed E-state index contributed by atoms with van der Waals surface area (Å²) >= 11 is 0. The molecule has 0 aliphatic rings. The van der Waals surface area contributed by atoms with Crippen molar-refractivity contribution in [3.63, 3.8) is 0 Å². The van der Waals surface area contributed by atoms with Gasteiger partial charge in [0.05, 0.1) is 5.75 Å². The van der Waals surface area contributed by atoms with Gasteiger partial charge in [0.25, 0.3) is 0 Å². The zero-order valence-electron chi connectivity index (χ0n) is 29.9. The molecule has 266 valence electrons. The van der Waals surface area contributed by atoms with Gasteiger partial charge >= 0.3 is 5.97 Å². The molecule has 0 bridgehead atoms. The number of hydrogen-bond acceptors (Lipinski definition) is 4. The minimum Gasteiger partial charge on any atom is -0.462 e. The molecule has 0 aromatic rings. The van der Waals surface area contributed by atoms with E-state index in [1.807, 2.05) is 0 Å². The van der Waals surface area contributed by atoms with Crippen LogP contribution in [0.4, 0.5) is 0 Å². The first-order valence-electron chi connectivity index (χ1n) is 19.4. The van der Waals surface area contributed by atoms with E-state index in [9.17, 15) is 13.2 Å². The number of hydrogen-bond donors (Lipinski definition) is 1. The van der Waals surface area contributed by atoms with Crippen LogP contribution in [0.1, 0.15) is 206 Å². The number of sulfonamides is 1. The van der Waals surface area contributed by atoms with E-state index in [0.29, 0.717) is 0 Å². The molecule has 0 heterocycles. The van der Waals surface area contributed by atoms with Gasteiger partial charge in [-0.25, -0.2) is 13.6 Å². The lowest BCUT2D eigenvalue weighted by Crippen LogP contribution is -2.21. The summed E-state index contributed by atoms with van der Waals surface area (Å²) in [5, 5.41) is 5.08. The number of carbonyl (C=O) groups excluding carboxylic acids is 1.